The van der Waals surface area contributed by atoms with E-state index in [1.54, 1.807) is 0 Å². The molecule has 0 fully saturated rings. The molecule has 0 aliphatic rings. The number of hydrogen-bond donors (Lipinski definition) is 0. The predicted octanol–water partition coefficient (Wildman–Crippen LogP) is 5.40. The van der Waals surface area contributed by atoms with Crippen molar-refractivity contribution in [3.05, 3.63) is 52.9 Å². The molecule has 1 heteroatoms. The molecule has 0 N–H and O–H groups in total. The van der Waals surface area contributed by atoms with Crippen LogP contribution in [0.5, 0.6) is 0 Å². The largest absolute Gasteiger partial charge is 0.140 e. The van der Waals surface area contributed by atoms with Crippen LogP contribution in [0.15, 0.2) is 42.5 Å². The van der Waals surface area contributed by atoms with Gasteiger partial charge in [0.1, 0.15) is 0 Å². The monoisotopic (exact) mass is 238 g/mol. The van der Waals surface area contributed by atoms with Gasteiger partial charge in [0.25, 0.3) is 0 Å². The van der Waals surface area contributed by atoms with Crippen LogP contribution in [0.25, 0.3) is 26.9 Å². The number of benzene rings is 2. The maximum Gasteiger partial charge on any atom is 0.0358 e. The first-order valence-corrected chi connectivity index (χ1v) is 6.66. The fraction of sp³-hybridized carbons (Fsp3) is 0.125. The van der Waals surface area contributed by atoms with Gasteiger partial charge in [-0.1, -0.05) is 36.4 Å². The van der Waals surface area contributed by atoms with Gasteiger partial charge >= 0.3 is 0 Å². The average molecular weight is 238 g/mol. The Bertz CT molecular complexity index is 717. The van der Waals surface area contributed by atoms with Gasteiger partial charge in [0.05, 0.1) is 0 Å². The smallest absolute Gasteiger partial charge is 0.0358 e. The Balaban J connectivity index is 2.44. The van der Waals surface area contributed by atoms with E-state index >= 15 is 0 Å². The third-order valence-electron chi connectivity index (χ3n) is 3.11. The molecule has 0 nitrogen and oxygen atoms in total. The number of aryl methyl sites for hydroxylation is 1. The van der Waals surface area contributed by atoms with E-state index in [0.717, 1.165) is 0 Å². The molecule has 0 spiro atoms. The summed E-state index contributed by atoms with van der Waals surface area (Å²) in [5.41, 5.74) is 1.37. The molecule has 0 saturated heterocycles. The average Bonchev–Trinajstić information content (AvgIpc) is 2.63. The summed E-state index contributed by atoms with van der Waals surface area (Å²) in [4.78, 5) is 1.40. The fourth-order valence-electron chi connectivity index (χ4n) is 2.30. The van der Waals surface area contributed by atoms with Crippen LogP contribution in [0.4, 0.5) is 0 Å². The van der Waals surface area contributed by atoms with Crippen LogP contribution in [-0.4, -0.2) is 0 Å². The highest BCUT2D eigenvalue weighted by Crippen LogP contribution is 2.34. The molecule has 3 rings (SSSR count). The minimum Gasteiger partial charge on any atom is -0.140 e. The summed E-state index contributed by atoms with van der Waals surface area (Å²) in [6.45, 7) is 4.27. The van der Waals surface area contributed by atoms with Gasteiger partial charge in [0, 0.05) is 15.0 Å². The molecule has 0 amide bonds. The molecule has 3 aromatic rings. The molecule has 0 unspecified atom stereocenters. The lowest BCUT2D eigenvalue weighted by molar-refractivity contribution is 1.61. The molecule has 2 aromatic carbocycles. The van der Waals surface area contributed by atoms with Crippen molar-refractivity contribution in [3.63, 3.8) is 0 Å². The first-order chi connectivity index (χ1) is 8.29. The third-order valence-corrected chi connectivity index (χ3v) is 4.20. The molecule has 1 aromatic heterocycles. The molecular formula is C16H14S. The second-order valence-corrected chi connectivity index (χ2v) is 5.52. The van der Waals surface area contributed by atoms with Crippen LogP contribution < -0.4 is 0 Å². The maximum absolute atomic E-state index is 2.31. The molecule has 0 bridgehead atoms. The van der Waals surface area contributed by atoms with Gasteiger partial charge in [-0.3, -0.25) is 0 Å². The Kier molecular flexibility index (Phi) is 2.49. The molecule has 1 heterocycles. The molecule has 84 valence electrons. The highest BCUT2D eigenvalue weighted by atomic mass is 32.1. The molecule has 0 atom stereocenters. The van der Waals surface area contributed by atoms with Crippen LogP contribution >= 0.6 is 11.3 Å². The zero-order chi connectivity index (χ0) is 11.8. The number of thiophene rings is 1. The first-order valence-electron chi connectivity index (χ1n) is 5.84. The van der Waals surface area contributed by atoms with Gasteiger partial charge in [0.2, 0.25) is 0 Å². The van der Waals surface area contributed by atoms with E-state index < -0.39 is 0 Å². The van der Waals surface area contributed by atoms with Gasteiger partial charge in [-0.15, -0.1) is 11.3 Å². The van der Waals surface area contributed by atoms with E-state index in [2.05, 4.69) is 62.4 Å². The summed E-state index contributed by atoms with van der Waals surface area (Å²) < 4.78 is 1.38. The topological polar surface area (TPSA) is 0 Å². The minimum atomic E-state index is 1.32. The lowest BCUT2D eigenvalue weighted by Gasteiger charge is -1.99. The van der Waals surface area contributed by atoms with Crippen molar-refractivity contribution < 1.29 is 0 Å². The van der Waals surface area contributed by atoms with Crippen LogP contribution in [0.1, 0.15) is 17.4 Å². The number of fused-ring (bicyclic) bond motifs is 2. The van der Waals surface area contributed by atoms with Gasteiger partial charge in [0.15, 0.2) is 0 Å². The van der Waals surface area contributed by atoms with Crippen LogP contribution in [0, 0.1) is 6.92 Å². The van der Waals surface area contributed by atoms with Crippen LogP contribution in [0.3, 0.4) is 0 Å². The van der Waals surface area contributed by atoms with E-state index in [9.17, 15) is 0 Å². The Morgan fingerprint density at radius 2 is 1.76 bits per heavy atom. The molecule has 0 saturated carbocycles. The van der Waals surface area contributed by atoms with Gasteiger partial charge in [-0.05, 0) is 42.3 Å². The van der Waals surface area contributed by atoms with E-state index in [-0.39, 0.29) is 0 Å². The second kappa shape index (κ2) is 4.01. The molecule has 0 aliphatic heterocycles. The summed E-state index contributed by atoms with van der Waals surface area (Å²) in [5, 5.41) is 4.03. The lowest BCUT2D eigenvalue weighted by Crippen LogP contribution is -1.74. The van der Waals surface area contributed by atoms with Gasteiger partial charge in [-0.25, -0.2) is 0 Å². The highest BCUT2D eigenvalue weighted by Gasteiger charge is 2.07. The lowest BCUT2D eigenvalue weighted by atomic mass is 10.1. The van der Waals surface area contributed by atoms with Crippen molar-refractivity contribution in [1.29, 1.82) is 0 Å². The Hall–Kier alpha value is -1.60. The van der Waals surface area contributed by atoms with E-state index in [1.165, 1.54) is 31.3 Å². The summed E-state index contributed by atoms with van der Waals surface area (Å²) in [5.74, 6) is 0. The van der Waals surface area contributed by atoms with E-state index in [4.69, 9.17) is 0 Å². The number of allylic oxidation sites excluding steroid dienone is 1. The maximum atomic E-state index is 2.31. The Labute approximate surface area is 105 Å². The van der Waals surface area contributed by atoms with Crippen LogP contribution in [-0.2, 0) is 0 Å². The molecular weight excluding hydrogens is 224 g/mol. The molecule has 0 aliphatic carbocycles. The third kappa shape index (κ3) is 1.67. The minimum absolute atomic E-state index is 1.32. The number of hydrogen-bond acceptors (Lipinski definition) is 1. The zero-order valence-corrected chi connectivity index (χ0v) is 10.8. The normalized spacial score (nSPS) is 11.9. The van der Waals surface area contributed by atoms with Crippen LogP contribution in [0.2, 0.25) is 0 Å². The Morgan fingerprint density at radius 1 is 1.06 bits per heavy atom. The van der Waals surface area contributed by atoms with Gasteiger partial charge < -0.3 is 0 Å². The second-order valence-electron chi connectivity index (χ2n) is 4.27. The Morgan fingerprint density at radius 3 is 2.47 bits per heavy atom. The van der Waals surface area contributed by atoms with Crippen molar-refractivity contribution in [1.82, 2.24) is 0 Å². The zero-order valence-electron chi connectivity index (χ0n) is 10.0. The first kappa shape index (κ1) is 10.5. The summed E-state index contributed by atoms with van der Waals surface area (Å²) in [6.07, 6.45) is 4.33. The van der Waals surface area contributed by atoms with Crippen molar-refractivity contribution >= 4 is 38.3 Å². The SMILES string of the molecule is C/C=C\c1c(C)sc2cc3ccccc3cc12. The van der Waals surface area contributed by atoms with Crippen molar-refractivity contribution in [2.45, 2.75) is 13.8 Å². The van der Waals surface area contributed by atoms with E-state index in [0.29, 0.717) is 0 Å². The molecule has 0 radical (unpaired) electrons. The molecule has 17 heavy (non-hydrogen) atoms. The highest BCUT2D eigenvalue weighted by molar-refractivity contribution is 7.19. The summed E-state index contributed by atoms with van der Waals surface area (Å²) >= 11 is 1.88. The van der Waals surface area contributed by atoms with E-state index in [1.807, 2.05) is 11.3 Å². The predicted molar refractivity (Wildman–Crippen MR) is 78.8 cm³/mol. The van der Waals surface area contributed by atoms with Crippen molar-refractivity contribution in [2.75, 3.05) is 0 Å². The van der Waals surface area contributed by atoms with Crippen molar-refractivity contribution in [2.24, 2.45) is 0 Å². The standard InChI is InChI=1S/C16H14S/c1-3-6-14-11(2)17-16-10-13-8-5-4-7-12(13)9-15(14)16/h3-10H,1-2H3/b6-3-. The summed E-state index contributed by atoms with van der Waals surface area (Å²) in [7, 11) is 0. The van der Waals surface area contributed by atoms with Gasteiger partial charge in [-0.2, -0.15) is 0 Å². The van der Waals surface area contributed by atoms with Crippen molar-refractivity contribution in [3.8, 4) is 0 Å². The fourth-order valence-corrected chi connectivity index (χ4v) is 3.38. The summed E-state index contributed by atoms with van der Waals surface area (Å²) in [6, 6.07) is 13.2. The number of rotatable bonds is 1. The quantitative estimate of drug-likeness (QED) is 0.532.